The van der Waals surface area contributed by atoms with Crippen LogP contribution < -0.4 is 5.32 Å². The van der Waals surface area contributed by atoms with Crippen LogP contribution in [0.3, 0.4) is 0 Å². The van der Waals surface area contributed by atoms with E-state index in [1.807, 2.05) is 0 Å². The van der Waals surface area contributed by atoms with E-state index in [0.29, 0.717) is 0 Å². The number of nitrogens with zero attached hydrogens (tertiary/aromatic N) is 1. The topological polar surface area (TPSA) is 15.3 Å². The van der Waals surface area contributed by atoms with Gasteiger partial charge in [0.1, 0.15) is 0 Å². The molecule has 0 atom stereocenters. The van der Waals surface area contributed by atoms with Crippen LogP contribution in [0.5, 0.6) is 0 Å². The van der Waals surface area contributed by atoms with Crippen LogP contribution in [0.4, 0.5) is 0 Å². The van der Waals surface area contributed by atoms with E-state index in [2.05, 4.69) is 30.0 Å². The Hall–Kier alpha value is -0.520. The summed E-state index contributed by atoms with van der Waals surface area (Å²) in [7, 11) is 0. The molecule has 1 fully saturated rings. The number of likely N-dealkylation sites (tertiary alicyclic amines) is 1. The Kier molecular flexibility index (Phi) is 8.95. The van der Waals surface area contributed by atoms with Gasteiger partial charge < -0.3 is 5.32 Å². The van der Waals surface area contributed by atoms with Gasteiger partial charge in [-0.2, -0.15) is 0 Å². The van der Waals surface area contributed by atoms with Crippen molar-refractivity contribution in [3.8, 4) is 12.3 Å². The summed E-state index contributed by atoms with van der Waals surface area (Å²) in [6, 6.07) is 0.727. The number of hydrogen-bond donors (Lipinski definition) is 1. The molecule has 0 aromatic heterocycles. The van der Waals surface area contributed by atoms with E-state index >= 15 is 0 Å². The number of piperidine rings is 1. The Balaban J connectivity index is 1.90. The Morgan fingerprint density at radius 3 is 2.47 bits per heavy atom. The van der Waals surface area contributed by atoms with Gasteiger partial charge >= 0.3 is 0 Å². The van der Waals surface area contributed by atoms with Crippen molar-refractivity contribution >= 4 is 0 Å². The molecule has 2 nitrogen and oxygen atoms in total. The van der Waals surface area contributed by atoms with Gasteiger partial charge in [0.2, 0.25) is 0 Å². The van der Waals surface area contributed by atoms with Gasteiger partial charge in [0.15, 0.2) is 0 Å². The largest absolute Gasteiger partial charge is 0.314 e. The number of unbranched alkanes of at least 4 members (excludes halogenated alkanes) is 3. The molecular formula is C17H32N2. The fraction of sp³-hybridized carbons (Fsp3) is 0.882. The number of nitrogens with one attached hydrogen (secondary N) is 1. The lowest BCUT2D eigenvalue weighted by Crippen LogP contribution is -2.42. The summed E-state index contributed by atoms with van der Waals surface area (Å²) < 4.78 is 0. The molecule has 110 valence electrons. The standard InChI is InChI=1S/C17H32N2/c1-4-13-19-14-10-17(11-15-19)18-12-8-6-5-7-9-16(2)3/h1,16-18H,5-15H2,2-3H3. The van der Waals surface area contributed by atoms with Crippen molar-refractivity contribution in [1.29, 1.82) is 0 Å². The molecule has 0 aliphatic carbocycles. The van der Waals surface area contributed by atoms with Crippen LogP contribution in [0, 0.1) is 18.3 Å². The minimum atomic E-state index is 0.727. The third-order valence-electron chi connectivity index (χ3n) is 4.04. The quantitative estimate of drug-likeness (QED) is 0.508. The van der Waals surface area contributed by atoms with Crippen molar-refractivity contribution in [2.75, 3.05) is 26.2 Å². The van der Waals surface area contributed by atoms with Gasteiger partial charge in [0, 0.05) is 19.1 Å². The predicted octanol–water partition coefficient (Wildman–Crippen LogP) is 3.28. The van der Waals surface area contributed by atoms with Crippen molar-refractivity contribution in [1.82, 2.24) is 10.2 Å². The molecular weight excluding hydrogens is 232 g/mol. The van der Waals surface area contributed by atoms with Crippen LogP contribution in [0.1, 0.15) is 58.8 Å². The minimum Gasteiger partial charge on any atom is -0.314 e. The van der Waals surface area contributed by atoms with Gasteiger partial charge in [-0.15, -0.1) is 6.42 Å². The average molecular weight is 264 g/mol. The summed E-state index contributed by atoms with van der Waals surface area (Å²) in [6.07, 6.45) is 14.8. The highest BCUT2D eigenvalue weighted by molar-refractivity contribution is 4.90. The van der Waals surface area contributed by atoms with Gasteiger partial charge in [0.25, 0.3) is 0 Å². The molecule has 0 saturated carbocycles. The molecule has 0 bridgehead atoms. The van der Waals surface area contributed by atoms with Crippen molar-refractivity contribution in [3.05, 3.63) is 0 Å². The molecule has 1 saturated heterocycles. The minimum absolute atomic E-state index is 0.727. The lowest BCUT2D eigenvalue weighted by molar-refractivity contribution is 0.218. The zero-order valence-electron chi connectivity index (χ0n) is 13.0. The van der Waals surface area contributed by atoms with E-state index in [-0.39, 0.29) is 0 Å². The van der Waals surface area contributed by atoms with Crippen LogP contribution in [0.25, 0.3) is 0 Å². The highest BCUT2D eigenvalue weighted by atomic mass is 15.1. The Bertz CT molecular complexity index is 246. The lowest BCUT2D eigenvalue weighted by atomic mass is 10.0. The van der Waals surface area contributed by atoms with E-state index in [1.165, 1.54) is 51.5 Å². The van der Waals surface area contributed by atoms with Crippen molar-refractivity contribution in [2.45, 2.75) is 64.8 Å². The molecule has 0 aromatic rings. The summed E-state index contributed by atoms with van der Waals surface area (Å²) >= 11 is 0. The van der Waals surface area contributed by atoms with E-state index in [1.54, 1.807) is 0 Å². The second-order valence-corrected chi connectivity index (χ2v) is 6.31. The van der Waals surface area contributed by atoms with Crippen LogP contribution in [0.2, 0.25) is 0 Å². The number of rotatable bonds is 9. The molecule has 0 unspecified atom stereocenters. The zero-order valence-corrected chi connectivity index (χ0v) is 13.0. The lowest BCUT2D eigenvalue weighted by Gasteiger charge is -2.31. The first-order valence-corrected chi connectivity index (χ1v) is 8.11. The molecule has 2 heteroatoms. The summed E-state index contributed by atoms with van der Waals surface area (Å²) in [6.45, 7) is 8.97. The number of hydrogen-bond acceptors (Lipinski definition) is 2. The van der Waals surface area contributed by atoms with Gasteiger partial charge in [-0.05, 0) is 31.7 Å². The van der Waals surface area contributed by atoms with E-state index < -0.39 is 0 Å². The fourth-order valence-corrected chi connectivity index (χ4v) is 2.76. The first kappa shape index (κ1) is 16.5. The summed E-state index contributed by atoms with van der Waals surface area (Å²) in [5.74, 6) is 3.60. The summed E-state index contributed by atoms with van der Waals surface area (Å²) in [5, 5.41) is 3.71. The molecule has 0 spiro atoms. The first-order valence-electron chi connectivity index (χ1n) is 8.11. The summed E-state index contributed by atoms with van der Waals surface area (Å²) in [5.41, 5.74) is 0. The van der Waals surface area contributed by atoms with Crippen molar-refractivity contribution in [2.24, 2.45) is 5.92 Å². The Labute approximate surface area is 120 Å². The maximum absolute atomic E-state index is 5.34. The molecule has 0 amide bonds. The SMILES string of the molecule is C#CCN1CCC(NCCCCCCC(C)C)CC1. The molecule has 1 aliphatic rings. The molecule has 1 rings (SSSR count). The third kappa shape index (κ3) is 8.29. The summed E-state index contributed by atoms with van der Waals surface area (Å²) in [4.78, 5) is 2.38. The van der Waals surface area contributed by atoms with Gasteiger partial charge in [-0.25, -0.2) is 0 Å². The Morgan fingerprint density at radius 1 is 1.16 bits per heavy atom. The molecule has 1 heterocycles. The van der Waals surface area contributed by atoms with Crippen LogP contribution in [-0.2, 0) is 0 Å². The van der Waals surface area contributed by atoms with Crippen molar-refractivity contribution < 1.29 is 0 Å². The maximum Gasteiger partial charge on any atom is 0.0598 e. The molecule has 1 aliphatic heterocycles. The van der Waals surface area contributed by atoms with E-state index in [0.717, 1.165) is 31.6 Å². The average Bonchev–Trinajstić information content (AvgIpc) is 2.39. The maximum atomic E-state index is 5.34. The van der Waals surface area contributed by atoms with Crippen LogP contribution in [-0.4, -0.2) is 37.1 Å². The second-order valence-electron chi connectivity index (χ2n) is 6.31. The molecule has 19 heavy (non-hydrogen) atoms. The molecule has 0 radical (unpaired) electrons. The molecule has 0 aromatic carbocycles. The number of terminal acetylenes is 1. The van der Waals surface area contributed by atoms with Gasteiger partial charge in [-0.3, -0.25) is 4.90 Å². The zero-order chi connectivity index (χ0) is 13.9. The van der Waals surface area contributed by atoms with E-state index in [9.17, 15) is 0 Å². The monoisotopic (exact) mass is 264 g/mol. The fourth-order valence-electron chi connectivity index (χ4n) is 2.76. The second kappa shape index (κ2) is 10.3. The molecule has 1 N–H and O–H groups in total. The third-order valence-corrected chi connectivity index (χ3v) is 4.04. The highest BCUT2D eigenvalue weighted by Gasteiger charge is 2.17. The highest BCUT2D eigenvalue weighted by Crippen LogP contribution is 2.11. The predicted molar refractivity (Wildman–Crippen MR) is 84.2 cm³/mol. The van der Waals surface area contributed by atoms with Crippen LogP contribution in [0.15, 0.2) is 0 Å². The van der Waals surface area contributed by atoms with Crippen molar-refractivity contribution in [3.63, 3.8) is 0 Å². The van der Waals surface area contributed by atoms with Crippen LogP contribution >= 0.6 is 0 Å². The van der Waals surface area contributed by atoms with E-state index in [4.69, 9.17) is 6.42 Å². The van der Waals surface area contributed by atoms with Gasteiger partial charge in [0.05, 0.1) is 6.54 Å². The Morgan fingerprint density at radius 2 is 1.84 bits per heavy atom. The normalized spacial score (nSPS) is 17.8. The van der Waals surface area contributed by atoms with Gasteiger partial charge in [-0.1, -0.05) is 45.5 Å². The first-order chi connectivity index (χ1) is 9.22. The smallest absolute Gasteiger partial charge is 0.0598 e.